The summed E-state index contributed by atoms with van der Waals surface area (Å²) in [6.45, 7) is 4.16. The van der Waals surface area contributed by atoms with Crippen molar-refractivity contribution in [3.8, 4) is 16.3 Å². The van der Waals surface area contributed by atoms with Crippen molar-refractivity contribution in [3.63, 3.8) is 0 Å². The highest BCUT2D eigenvalue weighted by molar-refractivity contribution is 7.21. The Hall–Kier alpha value is -2.13. The molecule has 0 spiro atoms. The maximum atomic E-state index is 5.47. The molecule has 0 saturated carbocycles. The Labute approximate surface area is 116 Å². The molecule has 1 aromatic heterocycles. The van der Waals surface area contributed by atoms with Gasteiger partial charge in [-0.25, -0.2) is 4.98 Å². The summed E-state index contributed by atoms with van der Waals surface area (Å²) in [5.74, 6) is 0.852. The molecule has 19 heavy (non-hydrogen) atoms. The van der Waals surface area contributed by atoms with Crippen LogP contribution in [0, 0.1) is 0 Å². The average molecular weight is 267 g/mol. The van der Waals surface area contributed by atoms with Crippen LogP contribution in [0.15, 0.2) is 61.2 Å². The Kier molecular flexibility index (Phi) is 3.29. The third kappa shape index (κ3) is 2.51. The lowest BCUT2D eigenvalue weighted by molar-refractivity contribution is 0.363. The largest absolute Gasteiger partial charge is 0.490 e. The molecule has 0 aliphatic heterocycles. The summed E-state index contributed by atoms with van der Waals surface area (Å²) in [5.41, 5.74) is 2.17. The number of aromatic nitrogens is 1. The van der Waals surface area contributed by atoms with E-state index in [0.717, 1.165) is 21.8 Å². The number of rotatable bonds is 4. The van der Waals surface area contributed by atoms with Gasteiger partial charge in [0, 0.05) is 5.56 Å². The van der Waals surface area contributed by atoms with Crippen LogP contribution in [-0.2, 0) is 0 Å². The molecule has 0 bridgehead atoms. The van der Waals surface area contributed by atoms with Crippen molar-refractivity contribution in [2.75, 3.05) is 6.61 Å². The number of ether oxygens (including phenoxy) is 1. The zero-order chi connectivity index (χ0) is 13.1. The van der Waals surface area contributed by atoms with Gasteiger partial charge in [-0.1, -0.05) is 24.8 Å². The van der Waals surface area contributed by atoms with E-state index in [-0.39, 0.29) is 0 Å². The van der Waals surface area contributed by atoms with Gasteiger partial charge in [0.05, 0.1) is 10.2 Å². The lowest BCUT2D eigenvalue weighted by atomic mass is 10.2. The van der Waals surface area contributed by atoms with Crippen molar-refractivity contribution in [3.05, 3.63) is 61.2 Å². The van der Waals surface area contributed by atoms with Crippen LogP contribution in [0.1, 0.15) is 0 Å². The summed E-state index contributed by atoms with van der Waals surface area (Å²) in [6.07, 6.45) is 1.74. The van der Waals surface area contributed by atoms with Crippen molar-refractivity contribution in [2.45, 2.75) is 0 Å². The molecule has 0 fully saturated rings. The predicted octanol–water partition coefficient (Wildman–Crippen LogP) is 4.53. The fraction of sp³-hybridized carbons (Fsp3) is 0.0625. The maximum Gasteiger partial charge on any atom is 0.124 e. The fourth-order valence-corrected chi connectivity index (χ4v) is 2.82. The molecule has 0 amide bonds. The van der Waals surface area contributed by atoms with Crippen LogP contribution >= 0.6 is 11.3 Å². The maximum absolute atomic E-state index is 5.47. The molecule has 3 rings (SSSR count). The van der Waals surface area contributed by atoms with Crippen LogP contribution < -0.4 is 4.74 Å². The summed E-state index contributed by atoms with van der Waals surface area (Å²) < 4.78 is 6.68. The Bertz CT molecular complexity index is 667. The van der Waals surface area contributed by atoms with Crippen LogP contribution in [0.4, 0.5) is 0 Å². The van der Waals surface area contributed by atoms with Crippen molar-refractivity contribution < 1.29 is 4.74 Å². The van der Waals surface area contributed by atoms with E-state index in [2.05, 4.69) is 17.6 Å². The predicted molar refractivity (Wildman–Crippen MR) is 80.7 cm³/mol. The quantitative estimate of drug-likeness (QED) is 0.648. The van der Waals surface area contributed by atoms with E-state index < -0.39 is 0 Å². The van der Waals surface area contributed by atoms with Gasteiger partial charge >= 0.3 is 0 Å². The monoisotopic (exact) mass is 267 g/mol. The molecule has 2 aromatic carbocycles. The lowest BCUT2D eigenvalue weighted by Gasteiger charge is -2.03. The smallest absolute Gasteiger partial charge is 0.124 e. The molecule has 0 radical (unpaired) electrons. The number of nitrogens with zero attached hydrogens (tertiary/aromatic N) is 1. The number of fused-ring (bicyclic) bond motifs is 1. The van der Waals surface area contributed by atoms with Crippen LogP contribution in [-0.4, -0.2) is 11.6 Å². The molecule has 2 nitrogen and oxygen atoms in total. The number of hydrogen-bond acceptors (Lipinski definition) is 3. The Morgan fingerprint density at radius 2 is 1.89 bits per heavy atom. The first-order valence-electron chi connectivity index (χ1n) is 6.06. The van der Waals surface area contributed by atoms with E-state index in [9.17, 15) is 0 Å². The molecule has 3 aromatic rings. The SMILES string of the molecule is C=CCOc1ccc(-c2nc3ccccc3s2)cc1. The molecule has 0 unspecified atom stereocenters. The summed E-state index contributed by atoms with van der Waals surface area (Å²) in [4.78, 5) is 4.64. The molecule has 94 valence electrons. The van der Waals surface area contributed by atoms with Gasteiger partial charge in [0.25, 0.3) is 0 Å². The Balaban J connectivity index is 1.90. The summed E-state index contributed by atoms with van der Waals surface area (Å²) in [7, 11) is 0. The standard InChI is InChI=1S/C16H13NOS/c1-2-11-18-13-9-7-12(8-10-13)16-17-14-5-3-4-6-15(14)19-16/h2-10H,1,11H2. The zero-order valence-electron chi connectivity index (χ0n) is 10.4. The fourth-order valence-electron chi connectivity index (χ4n) is 1.84. The number of benzene rings is 2. The van der Waals surface area contributed by atoms with E-state index in [1.54, 1.807) is 17.4 Å². The first-order chi connectivity index (χ1) is 9.36. The van der Waals surface area contributed by atoms with Crippen molar-refractivity contribution in [1.82, 2.24) is 4.98 Å². The van der Waals surface area contributed by atoms with Gasteiger partial charge in [-0.2, -0.15) is 0 Å². The third-order valence-electron chi connectivity index (χ3n) is 2.76. The highest BCUT2D eigenvalue weighted by Gasteiger charge is 2.05. The molecule has 0 N–H and O–H groups in total. The minimum atomic E-state index is 0.528. The molecule has 0 saturated heterocycles. The van der Waals surface area contributed by atoms with E-state index >= 15 is 0 Å². The van der Waals surface area contributed by atoms with Crippen LogP contribution in [0.25, 0.3) is 20.8 Å². The van der Waals surface area contributed by atoms with Crippen molar-refractivity contribution in [1.29, 1.82) is 0 Å². The van der Waals surface area contributed by atoms with Crippen LogP contribution in [0.5, 0.6) is 5.75 Å². The van der Waals surface area contributed by atoms with E-state index in [1.165, 1.54) is 4.70 Å². The molecule has 0 aliphatic rings. The highest BCUT2D eigenvalue weighted by Crippen LogP contribution is 2.30. The van der Waals surface area contributed by atoms with Gasteiger partial charge in [0.15, 0.2) is 0 Å². The Morgan fingerprint density at radius 1 is 1.11 bits per heavy atom. The van der Waals surface area contributed by atoms with Crippen molar-refractivity contribution >= 4 is 21.6 Å². The molecule has 0 atom stereocenters. The second-order valence-corrected chi connectivity index (χ2v) is 5.14. The lowest BCUT2D eigenvalue weighted by Crippen LogP contribution is -1.91. The number of para-hydroxylation sites is 1. The number of thiazole rings is 1. The third-order valence-corrected chi connectivity index (χ3v) is 3.85. The van der Waals surface area contributed by atoms with Gasteiger partial charge in [0.1, 0.15) is 17.4 Å². The normalized spacial score (nSPS) is 10.5. The highest BCUT2D eigenvalue weighted by atomic mass is 32.1. The van der Waals surface area contributed by atoms with Gasteiger partial charge in [-0.3, -0.25) is 0 Å². The average Bonchev–Trinajstić information content (AvgIpc) is 2.89. The first-order valence-corrected chi connectivity index (χ1v) is 6.88. The van der Waals surface area contributed by atoms with Crippen LogP contribution in [0.3, 0.4) is 0 Å². The second-order valence-electron chi connectivity index (χ2n) is 4.11. The van der Waals surface area contributed by atoms with E-state index in [1.807, 2.05) is 42.5 Å². The van der Waals surface area contributed by atoms with Gasteiger partial charge in [-0.05, 0) is 36.4 Å². The molecule has 0 aliphatic carbocycles. The minimum Gasteiger partial charge on any atom is -0.490 e. The van der Waals surface area contributed by atoms with E-state index in [4.69, 9.17) is 4.74 Å². The number of hydrogen-bond donors (Lipinski definition) is 0. The first kappa shape index (κ1) is 11.9. The Morgan fingerprint density at radius 3 is 2.63 bits per heavy atom. The minimum absolute atomic E-state index is 0.528. The second kappa shape index (κ2) is 5.24. The topological polar surface area (TPSA) is 22.1 Å². The van der Waals surface area contributed by atoms with Gasteiger partial charge < -0.3 is 4.74 Å². The van der Waals surface area contributed by atoms with Crippen LogP contribution in [0.2, 0.25) is 0 Å². The molecular formula is C16H13NOS. The molecule has 1 heterocycles. The van der Waals surface area contributed by atoms with Gasteiger partial charge in [-0.15, -0.1) is 11.3 Å². The van der Waals surface area contributed by atoms with E-state index in [0.29, 0.717) is 6.61 Å². The zero-order valence-corrected chi connectivity index (χ0v) is 11.2. The summed E-state index contributed by atoms with van der Waals surface area (Å²) in [5, 5.41) is 1.04. The summed E-state index contributed by atoms with van der Waals surface area (Å²) in [6, 6.07) is 16.2. The molecule has 3 heteroatoms. The summed E-state index contributed by atoms with van der Waals surface area (Å²) >= 11 is 1.71. The van der Waals surface area contributed by atoms with Crippen molar-refractivity contribution in [2.24, 2.45) is 0 Å². The van der Waals surface area contributed by atoms with Gasteiger partial charge in [0.2, 0.25) is 0 Å². The molecular weight excluding hydrogens is 254 g/mol.